The Hall–Kier alpha value is -5.45. The fourth-order valence-electron chi connectivity index (χ4n) is 10.7. The van der Waals surface area contributed by atoms with E-state index in [-0.39, 0.29) is 25.8 Å². The first kappa shape index (κ1) is 61.8. The number of fused-ring (bicyclic) bond motifs is 3. The Morgan fingerprint density at radius 2 is 0.859 bits per heavy atom. The number of aryl methyl sites for hydroxylation is 3. The molecule has 0 saturated carbocycles. The first-order valence-corrected chi connectivity index (χ1v) is 33.1. The molecule has 413 valence electrons. The third kappa shape index (κ3) is 16.6. The topological polar surface area (TPSA) is 205 Å². The van der Waals surface area contributed by atoms with Crippen LogP contribution in [0.15, 0.2) is 175 Å². The Bertz CT molecular complexity index is 3380. The van der Waals surface area contributed by atoms with Crippen LogP contribution in [-0.2, 0) is 67.8 Å². The van der Waals surface area contributed by atoms with Crippen molar-refractivity contribution >= 4 is 48.0 Å². The van der Waals surface area contributed by atoms with Crippen molar-refractivity contribution in [2.75, 3.05) is 32.6 Å². The van der Waals surface area contributed by atoms with E-state index in [4.69, 9.17) is 19.9 Å². The highest BCUT2D eigenvalue weighted by molar-refractivity contribution is 7.92. The summed E-state index contributed by atoms with van der Waals surface area (Å²) in [5, 5.41) is 8.79. The van der Waals surface area contributed by atoms with Crippen molar-refractivity contribution in [2.24, 2.45) is 5.73 Å². The second kappa shape index (κ2) is 29.1. The van der Waals surface area contributed by atoms with Crippen LogP contribution in [0.5, 0.6) is 0 Å². The molecule has 3 radical (unpaired) electrons. The van der Waals surface area contributed by atoms with Crippen molar-refractivity contribution in [2.45, 2.75) is 150 Å². The Kier molecular flexibility index (Phi) is 23.1. The van der Waals surface area contributed by atoms with Gasteiger partial charge in [0.25, 0.3) is 10.1 Å². The molecule has 1 aliphatic heterocycles. The molecule has 0 aromatic heterocycles. The van der Waals surface area contributed by atoms with Crippen molar-refractivity contribution in [3.05, 3.63) is 179 Å². The first-order chi connectivity index (χ1) is 37.0. The van der Waals surface area contributed by atoms with Crippen LogP contribution in [0.25, 0.3) is 0 Å². The van der Waals surface area contributed by atoms with E-state index in [2.05, 4.69) is 6.07 Å². The molecule has 3 aliphatic carbocycles. The molecule has 6 aromatic rings. The van der Waals surface area contributed by atoms with Gasteiger partial charge in [0.15, 0.2) is 0 Å². The molecule has 78 heavy (non-hydrogen) atoms. The van der Waals surface area contributed by atoms with Crippen molar-refractivity contribution in [3.63, 3.8) is 0 Å². The zero-order valence-corrected chi connectivity index (χ0v) is 47.8. The minimum Gasteiger partial charge on any atom is -0.381 e. The number of benzene rings is 6. The third-order valence-electron chi connectivity index (χ3n) is 14.7. The van der Waals surface area contributed by atoms with Gasteiger partial charge in [-0.15, -0.1) is 0 Å². The predicted molar refractivity (Wildman–Crippen MR) is 306 cm³/mol. The summed E-state index contributed by atoms with van der Waals surface area (Å²) >= 11 is 0. The van der Waals surface area contributed by atoms with Gasteiger partial charge in [-0.25, -0.2) is 25.3 Å². The minimum absolute atomic E-state index is 0. The molecule has 1 fully saturated rings. The van der Waals surface area contributed by atoms with Crippen molar-refractivity contribution < 1.29 is 42.6 Å². The smallest absolute Gasteiger partial charge is 0.264 e. The van der Waals surface area contributed by atoms with Gasteiger partial charge < -0.3 is 10.5 Å². The number of nitriles is 1. The van der Waals surface area contributed by atoms with E-state index in [1.807, 2.05) is 42.5 Å². The first-order valence-electron chi connectivity index (χ1n) is 26.8. The van der Waals surface area contributed by atoms with Crippen molar-refractivity contribution in [1.29, 1.82) is 5.26 Å². The van der Waals surface area contributed by atoms with Crippen LogP contribution in [0.3, 0.4) is 0 Å². The molecular formula is C61H72BN2O10S4. The average Bonchev–Trinajstić information content (AvgIpc) is 4.12. The molecular weight excluding hydrogens is 1060 g/mol. The van der Waals surface area contributed by atoms with E-state index in [0.717, 1.165) is 107 Å². The molecule has 10 rings (SSSR count). The second-order valence-electron chi connectivity index (χ2n) is 20.1. The molecule has 12 nitrogen and oxygen atoms in total. The Balaban J connectivity index is 0.000000180. The highest BCUT2D eigenvalue weighted by atomic mass is 32.2. The fraction of sp³-hybridized carbons (Fsp3) is 0.393. The van der Waals surface area contributed by atoms with Crippen molar-refractivity contribution in [1.82, 2.24) is 0 Å². The summed E-state index contributed by atoms with van der Waals surface area (Å²) in [6, 6.07) is 44.3. The van der Waals surface area contributed by atoms with Crippen LogP contribution >= 0.6 is 0 Å². The van der Waals surface area contributed by atoms with E-state index < -0.39 is 39.6 Å². The quantitative estimate of drug-likeness (QED) is 0.0753. The molecule has 2 N–H and O–H groups in total. The zero-order chi connectivity index (χ0) is 54.9. The maximum atomic E-state index is 12.8. The van der Waals surface area contributed by atoms with E-state index in [1.165, 1.54) is 36.0 Å². The maximum absolute atomic E-state index is 12.8. The van der Waals surface area contributed by atoms with Gasteiger partial charge >= 0.3 is 0 Å². The summed E-state index contributed by atoms with van der Waals surface area (Å²) in [4.78, 5) is 2.04. The molecule has 3 unspecified atom stereocenters. The summed E-state index contributed by atoms with van der Waals surface area (Å²) in [6.45, 7) is 2.86. The number of nitrogens with zero attached hydrogens (tertiary/aromatic N) is 1. The lowest BCUT2D eigenvalue weighted by atomic mass is 9.80. The summed E-state index contributed by atoms with van der Waals surface area (Å²) < 4.78 is 109. The van der Waals surface area contributed by atoms with Crippen LogP contribution in [0.4, 0.5) is 0 Å². The molecule has 0 amide bonds. The lowest BCUT2D eigenvalue weighted by Gasteiger charge is -2.26. The summed E-state index contributed by atoms with van der Waals surface area (Å²) in [5.74, 6) is 1.09. The average molecular weight is 1130 g/mol. The fourth-order valence-corrected chi connectivity index (χ4v) is 15.1. The molecule has 6 aromatic carbocycles. The molecule has 0 bridgehead atoms. The van der Waals surface area contributed by atoms with Gasteiger partial charge in [0, 0.05) is 28.0 Å². The highest BCUT2D eigenvalue weighted by Gasteiger charge is 2.27. The molecule has 4 aliphatic rings. The maximum Gasteiger partial charge on any atom is 0.264 e. The lowest BCUT2D eigenvalue weighted by Crippen LogP contribution is -2.14. The SMILES string of the molecule is C1CCOC1.CS(=O)(=O)OCCC1CCCc2cc(S(=O)(=O)c3ccccc3)ccc21.N#CCCC1CCCc2cc(S(=O)(=O)c3ccccc3)ccc21.NCCCC1CCCc2cc(S(=O)(=O)c3ccccc3)ccc21.[B]. The number of ether oxygens (including phenoxy) is 1. The van der Waals surface area contributed by atoms with Crippen LogP contribution in [0.2, 0.25) is 0 Å². The normalized spacial score (nSPS) is 17.7. The largest absolute Gasteiger partial charge is 0.381 e. The van der Waals surface area contributed by atoms with Crippen LogP contribution in [0.1, 0.15) is 135 Å². The molecule has 3 atom stereocenters. The van der Waals surface area contributed by atoms with Crippen LogP contribution in [0, 0.1) is 11.3 Å². The van der Waals surface area contributed by atoms with Gasteiger partial charge in [-0.3, -0.25) is 4.18 Å². The molecule has 1 saturated heterocycles. The third-order valence-corrected chi connectivity index (χ3v) is 20.6. The van der Waals surface area contributed by atoms with Gasteiger partial charge in [0.05, 0.1) is 48.3 Å². The zero-order valence-electron chi connectivity index (χ0n) is 44.5. The number of hydrogen-bond acceptors (Lipinski definition) is 12. The van der Waals surface area contributed by atoms with Crippen LogP contribution < -0.4 is 5.73 Å². The Morgan fingerprint density at radius 1 is 0.500 bits per heavy atom. The summed E-state index contributed by atoms with van der Waals surface area (Å²) in [7, 11) is -13.9. The number of rotatable bonds is 15. The lowest BCUT2D eigenvalue weighted by molar-refractivity contribution is 0.198. The van der Waals surface area contributed by atoms with Gasteiger partial charge in [-0.05, 0) is 227 Å². The number of sulfone groups is 3. The second-order valence-corrected chi connectivity index (χ2v) is 27.6. The van der Waals surface area contributed by atoms with E-state index in [1.54, 1.807) is 103 Å². The predicted octanol–water partition coefficient (Wildman–Crippen LogP) is 11.6. The standard InChI is InChI=1S/C19H23NO2S.C19H19NO2S.C19H22O5S2.C4H8O.B/c2*20-13-5-8-15-6-4-7-16-14-18(11-12-19(15)16)23(21,22)17-9-2-1-3-10-17;1-25(20,21)24-13-12-15-6-5-7-16-14-18(10-11-19(15)16)26(22,23)17-8-3-2-4-9-17;1-2-4-5-3-1;/h1-3,9-12,14-15H,4-8,13,20H2;1-3,9-12,14-15H,4-8H2;2-4,8-11,14-15H,5-7,12-13H2,1H3;1-4H2;. The number of nitrogens with two attached hydrogens (primary N) is 1. The van der Waals surface area contributed by atoms with Gasteiger partial charge in [-0.1, -0.05) is 72.8 Å². The van der Waals surface area contributed by atoms with E-state index in [9.17, 15) is 33.7 Å². The minimum atomic E-state index is -3.53. The molecule has 1 heterocycles. The Labute approximate surface area is 466 Å². The Morgan fingerprint density at radius 3 is 1.18 bits per heavy atom. The van der Waals surface area contributed by atoms with E-state index in [0.29, 0.717) is 55.7 Å². The monoisotopic (exact) mass is 1130 g/mol. The number of hydrogen-bond donors (Lipinski definition) is 1. The van der Waals surface area contributed by atoms with Gasteiger partial charge in [0.2, 0.25) is 29.5 Å². The van der Waals surface area contributed by atoms with Gasteiger partial charge in [0.1, 0.15) is 0 Å². The van der Waals surface area contributed by atoms with Gasteiger partial charge in [-0.2, -0.15) is 13.7 Å². The van der Waals surface area contributed by atoms with E-state index >= 15 is 0 Å². The molecule has 17 heteroatoms. The summed E-state index contributed by atoms with van der Waals surface area (Å²) in [5.41, 5.74) is 12.6. The summed E-state index contributed by atoms with van der Waals surface area (Å²) in [6.07, 6.45) is 16.8. The van der Waals surface area contributed by atoms with Crippen LogP contribution in [-0.4, -0.2) is 74.7 Å². The van der Waals surface area contributed by atoms with Crippen molar-refractivity contribution in [3.8, 4) is 6.07 Å². The highest BCUT2D eigenvalue weighted by Crippen LogP contribution is 2.39. The molecule has 0 spiro atoms.